The van der Waals surface area contributed by atoms with E-state index >= 15 is 0 Å². The fourth-order valence-electron chi connectivity index (χ4n) is 2.10. The highest BCUT2D eigenvalue weighted by Gasteiger charge is 2.26. The maximum Gasteiger partial charge on any atom is 0.389 e. The molecule has 0 radical (unpaired) electrons. The maximum absolute atomic E-state index is 12.1. The standard InChI is InChI=1S/C16H24F3NO/c1-3-10-20-15(4-2)13-7-5-8-14(12-13)21-11-6-9-16(17,18)19/h5,7-8,12,15,20H,3-4,6,9-11H2,1-2H3. The average Bonchev–Trinajstić information content (AvgIpc) is 2.44. The van der Waals surface area contributed by atoms with Gasteiger partial charge in [-0.1, -0.05) is 26.0 Å². The predicted molar refractivity (Wildman–Crippen MR) is 78.6 cm³/mol. The third kappa shape index (κ3) is 7.37. The molecule has 0 fully saturated rings. The quantitative estimate of drug-likeness (QED) is 0.658. The first-order chi connectivity index (χ1) is 9.96. The van der Waals surface area contributed by atoms with Gasteiger partial charge in [0.15, 0.2) is 0 Å². The summed E-state index contributed by atoms with van der Waals surface area (Å²) in [6.45, 7) is 5.24. The van der Waals surface area contributed by atoms with Gasteiger partial charge in [0, 0.05) is 12.5 Å². The summed E-state index contributed by atoms with van der Waals surface area (Å²) < 4.78 is 41.6. The molecule has 0 saturated heterocycles. The Morgan fingerprint density at radius 2 is 2.00 bits per heavy atom. The molecule has 1 unspecified atom stereocenters. The summed E-state index contributed by atoms with van der Waals surface area (Å²) >= 11 is 0. The molecule has 0 spiro atoms. The fourth-order valence-corrected chi connectivity index (χ4v) is 2.10. The zero-order valence-corrected chi connectivity index (χ0v) is 12.7. The smallest absolute Gasteiger partial charge is 0.389 e. The molecule has 0 amide bonds. The lowest BCUT2D eigenvalue weighted by Crippen LogP contribution is -2.21. The Balaban J connectivity index is 2.51. The summed E-state index contributed by atoms with van der Waals surface area (Å²) in [7, 11) is 0. The van der Waals surface area contributed by atoms with Gasteiger partial charge in [0.05, 0.1) is 6.61 Å². The third-order valence-corrected chi connectivity index (χ3v) is 3.18. The van der Waals surface area contributed by atoms with E-state index in [0.717, 1.165) is 24.9 Å². The molecule has 0 aromatic heterocycles. The summed E-state index contributed by atoms with van der Waals surface area (Å²) in [4.78, 5) is 0. The highest BCUT2D eigenvalue weighted by molar-refractivity contribution is 5.30. The SMILES string of the molecule is CCCNC(CC)c1cccc(OCCCC(F)(F)F)c1. The number of hydrogen-bond donors (Lipinski definition) is 1. The van der Waals surface area contributed by atoms with Gasteiger partial charge in [0.25, 0.3) is 0 Å². The van der Waals surface area contributed by atoms with Crippen LogP contribution in [0.4, 0.5) is 13.2 Å². The number of halogens is 3. The van der Waals surface area contributed by atoms with E-state index in [0.29, 0.717) is 5.75 Å². The van der Waals surface area contributed by atoms with Crippen LogP contribution in [0.2, 0.25) is 0 Å². The Morgan fingerprint density at radius 3 is 2.62 bits per heavy atom. The molecule has 0 aliphatic carbocycles. The Labute approximate surface area is 124 Å². The van der Waals surface area contributed by atoms with Crippen LogP contribution in [0.15, 0.2) is 24.3 Å². The van der Waals surface area contributed by atoms with Crippen molar-refractivity contribution in [1.29, 1.82) is 0 Å². The minimum Gasteiger partial charge on any atom is -0.494 e. The van der Waals surface area contributed by atoms with Crippen molar-refractivity contribution < 1.29 is 17.9 Å². The van der Waals surface area contributed by atoms with Gasteiger partial charge in [-0.05, 0) is 43.5 Å². The van der Waals surface area contributed by atoms with Gasteiger partial charge < -0.3 is 10.1 Å². The molecular formula is C16H24F3NO. The van der Waals surface area contributed by atoms with E-state index < -0.39 is 12.6 Å². The number of rotatable bonds is 9. The molecule has 120 valence electrons. The second-order valence-corrected chi connectivity index (χ2v) is 5.05. The van der Waals surface area contributed by atoms with Crippen LogP contribution in [0.5, 0.6) is 5.75 Å². The Morgan fingerprint density at radius 1 is 1.24 bits per heavy atom. The molecule has 0 heterocycles. The van der Waals surface area contributed by atoms with Gasteiger partial charge in [-0.15, -0.1) is 0 Å². The number of alkyl halides is 3. The summed E-state index contributed by atoms with van der Waals surface area (Å²) in [5.41, 5.74) is 1.11. The second-order valence-electron chi connectivity index (χ2n) is 5.05. The normalized spacial score (nSPS) is 13.2. The van der Waals surface area contributed by atoms with Gasteiger partial charge in [-0.25, -0.2) is 0 Å². The molecule has 1 atom stereocenters. The zero-order valence-electron chi connectivity index (χ0n) is 12.7. The van der Waals surface area contributed by atoms with E-state index in [-0.39, 0.29) is 19.1 Å². The summed E-state index contributed by atoms with van der Waals surface area (Å²) in [6, 6.07) is 7.83. The van der Waals surface area contributed by atoms with Gasteiger partial charge in [0.2, 0.25) is 0 Å². The van der Waals surface area contributed by atoms with Crippen molar-refractivity contribution in [3.63, 3.8) is 0 Å². The first-order valence-corrected chi connectivity index (χ1v) is 7.49. The topological polar surface area (TPSA) is 21.3 Å². The van der Waals surface area contributed by atoms with Gasteiger partial charge in [0.1, 0.15) is 5.75 Å². The van der Waals surface area contributed by atoms with Crippen molar-refractivity contribution in [3.05, 3.63) is 29.8 Å². The van der Waals surface area contributed by atoms with Crippen LogP contribution >= 0.6 is 0 Å². The van der Waals surface area contributed by atoms with E-state index in [1.54, 1.807) is 6.07 Å². The van der Waals surface area contributed by atoms with E-state index in [2.05, 4.69) is 19.2 Å². The van der Waals surface area contributed by atoms with E-state index in [1.165, 1.54) is 0 Å². The molecular weight excluding hydrogens is 279 g/mol. The minimum atomic E-state index is -4.11. The number of nitrogens with one attached hydrogen (secondary N) is 1. The van der Waals surface area contributed by atoms with Crippen LogP contribution in [0.1, 0.15) is 51.1 Å². The number of ether oxygens (including phenoxy) is 1. The van der Waals surface area contributed by atoms with Crippen LogP contribution in [0.25, 0.3) is 0 Å². The third-order valence-electron chi connectivity index (χ3n) is 3.18. The lowest BCUT2D eigenvalue weighted by atomic mass is 10.0. The van der Waals surface area contributed by atoms with E-state index in [1.807, 2.05) is 18.2 Å². The maximum atomic E-state index is 12.1. The Kier molecular flexibility index (Phi) is 7.57. The monoisotopic (exact) mass is 303 g/mol. The molecule has 1 aromatic carbocycles. The van der Waals surface area contributed by atoms with Crippen molar-refractivity contribution in [2.45, 2.75) is 51.7 Å². The molecule has 0 aliphatic heterocycles. The van der Waals surface area contributed by atoms with E-state index in [9.17, 15) is 13.2 Å². The molecule has 0 aliphatic rings. The molecule has 2 nitrogen and oxygen atoms in total. The first-order valence-electron chi connectivity index (χ1n) is 7.49. The molecule has 0 saturated carbocycles. The Hall–Kier alpha value is -1.23. The van der Waals surface area contributed by atoms with Gasteiger partial charge in [-0.3, -0.25) is 0 Å². The minimum absolute atomic E-state index is 0.0149. The van der Waals surface area contributed by atoms with Crippen LogP contribution in [0.3, 0.4) is 0 Å². The first kappa shape index (κ1) is 17.8. The highest BCUT2D eigenvalue weighted by atomic mass is 19.4. The van der Waals surface area contributed by atoms with Crippen molar-refractivity contribution in [2.75, 3.05) is 13.2 Å². The van der Waals surface area contributed by atoms with Crippen LogP contribution in [-0.2, 0) is 0 Å². The van der Waals surface area contributed by atoms with Crippen LogP contribution in [0, 0.1) is 0 Å². The Bertz CT molecular complexity index is 407. The average molecular weight is 303 g/mol. The predicted octanol–water partition coefficient (Wildman–Crippen LogP) is 4.86. The molecule has 1 N–H and O–H groups in total. The molecule has 1 rings (SSSR count). The zero-order chi connectivity index (χ0) is 15.7. The van der Waals surface area contributed by atoms with E-state index in [4.69, 9.17) is 4.74 Å². The van der Waals surface area contributed by atoms with Crippen LogP contribution in [-0.4, -0.2) is 19.3 Å². The van der Waals surface area contributed by atoms with Crippen molar-refractivity contribution in [3.8, 4) is 5.75 Å². The fraction of sp³-hybridized carbons (Fsp3) is 0.625. The van der Waals surface area contributed by atoms with Crippen molar-refractivity contribution >= 4 is 0 Å². The van der Waals surface area contributed by atoms with Gasteiger partial charge in [-0.2, -0.15) is 13.2 Å². The summed E-state index contributed by atoms with van der Waals surface area (Å²) in [6.07, 6.45) is -2.91. The molecule has 0 bridgehead atoms. The second kappa shape index (κ2) is 8.93. The van der Waals surface area contributed by atoms with Crippen molar-refractivity contribution in [2.24, 2.45) is 0 Å². The summed E-state index contributed by atoms with van der Waals surface area (Å²) in [5, 5.41) is 3.45. The lowest BCUT2D eigenvalue weighted by Gasteiger charge is -2.18. The van der Waals surface area contributed by atoms with Crippen molar-refractivity contribution in [1.82, 2.24) is 5.32 Å². The number of benzene rings is 1. The highest BCUT2D eigenvalue weighted by Crippen LogP contribution is 2.23. The van der Waals surface area contributed by atoms with Crippen LogP contribution < -0.4 is 10.1 Å². The molecule has 1 aromatic rings. The summed E-state index contributed by atoms with van der Waals surface area (Å²) in [5.74, 6) is 0.631. The number of hydrogen-bond acceptors (Lipinski definition) is 2. The largest absolute Gasteiger partial charge is 0.494 e. The molecule has 21 heavy (non-hydrogen) atoms. The lowest BCUT2D eigenvalue weighted by molar-refractivity contribution is -0.136. The molecule has 5 heteroatoms. The van der Waals surface area contributed by atoms with Gasteiger partial charge >= 0.3 is 6.18 Å².